The van der Waals surface area contributed by atoms with Crippen molar-refractivity contribution in [3.8, 4) is 11.5 Å². The molecule has 8 nitrogen and oxygen atoms in total. The fourth-order valence-corrected chi connectivity index (χ4v) is 4.69. The third kappa shape index (κ3) is 4.33. The van der Waals surface area contributed by atoms with E-state index in [2.05, 4.69) is 4.98 Å². The first kappa shape index (κ1) is 22.2. The third-order valence-electron chi connectivity index (χ3n) is 6.40. The predicted molar refractivity (Wildman–Crippen MR) is 116 cm³/mol. The molecule has 170 valence electrons. The number of benzene rings is 1. The number of carbonyl (C=O) groups is 2. The number of rotatable bonds is 7. The summed E-state index contributed by atoms with van der Waals surface area (Å²) in [5.41, 5.74) is 1.28. The van der Waals surface area contributed by atoms with Crippen molar-refractivity contribution in [3.63, 3.8) is 0 Å². The number of hydrogen-bond acceptors (Lipinski definition) is 7. The summed E-state index contributed by atoms with van der Waals surface area (Å²) in [6.45, 7) is 0. The quantitative estimate of drug-likeness (QED) is 0.522. The Morgan fingerprint density at radius 1 is 1.19 bits per heavy atom. The number of hydroxylamine groups is 1. The molecule has 8 heteroatoms. The molecular weight excluding hydrogens is 412 g/mol. The minimum absolute atomic E-state index is 0.105. The molecule has 0 bridgehead atoms. The van der Waals surface area contributed by atoms with Gasteiger partial charge in [-0.25, -0.2) is 0 Å². The normalized spacial score (nSPS) is 21.7. The number of aromatic nitrogens is 1. The molecule has 1 aromatic carbocycles. The van der Waals surface area contributed by atoms with Crippen LogP contribution >= 0.6 is 0 Å². The highest BCUT2D eigenvalue weighted by Crippen LogP contribution is 2.37. The van der Waals surface area contributed by atoms with Crippen molar-refractivity contribution < 1.29 is 28.9 Å². The highest BCUT2D eigenvalue weighted by atomic mass is 16.5. The van der Waals surface area contributed by atoms with E-state index in [1.807, 2.05) is 0 Å². The first-order valence-electron chi connectivity index (χ1n) is 11.0. The van der Waals surface area contributed by atoms with Gasteiger partial charge in [0.1, 0.15) is 11.3 Å². The van der Waals surface area contributed by atoms with Gasteiger partial charge in [-0.05, 0) is 43.4 Å². The second-order valence-corrected chi connectivity index (χ2v) is 8.30. The average Bonchev–Trinajstić information content (AvgIpc) is 3.08. The Hall–Kier alpha value is -2.97. The Morgan fingerprint density at radius 3 is 2.66 bits per heavy atom. The van der Waals surface area contributed by atoms with Crippen molar-refractivity contribution in [2.45, 2.75) is 56.6 Å². The monoisotopic (exact) mass is 440 g/mol. The zero-order valence-electron chi connectivity index (χ0n) is 18.3. The fraction of sp³-hybridized carbons (Fsp3) is 0.458. The molecule has 3 unspecified atom stereocenters. The average molecular weight is 440 g/mol. The van der Waals surface area contributed by atoms with Gasteiger partial charge in [-0.1, -0.05) is 12.5 Å². The number of esters is 1. The summed E-state index contributed by atoms with van der Waals surface area (Å²) in [6, 6.07) is 5.89. The molecule has 1 fully saturated rings. The summed E-state index contributed by atoms with van der Waals surface area (Å²) >= 11 is 0. The van der Waals surface area contributed by atoms with Crippen LogP contribution in [-0.4, -0.2) is 43.1 Å². The van der Waals surface area contributed by atoms with E-state index in [4.69, 9.17) is 14.2 Å². The molecule has 32 heavy (non-hydrogen) atoms. The van der Waals surface area contributed by atoms with Crippen molar-refractivity contribution in [2.75, 3.05) is 14.2 Å². The minimum Gasteiger partial charge on any atom is -0.628 e. The van der Waals surface area contributed by atoms with Gasteiger partial charge in [-0.2, -0.15) is 0 Å². The van der Waals surface area contributed by atoms with Gasteiger partial charge in [-0.15, -0.1) is 0 Å². The van der Waals surface area contributed by atoms with Gasteiger partial charge in [0.2, 0.25) is 5.78 Å². The van der Waals surface area contributed by atoms with E-state index in [-0.39, 0.29) is 23.4 Å². The molecule has 4 rings (SSSR count). The lowest BCUT2D eigenvalue weighted by atomic mass is 9.86. The molecule has 0 saturated heterocycles. The fourth-order valence-electron chi connectivity index (χ4n) is 4.69. The molecule has 0 amide bonds. The highest BCUT2D eigenvalue weighted by Gasteiger charge is 2.45. The maximum atomic E-state index is 13.1. The Kier molecular flexibility index (Phi) is 6.72. The molecule has 1 saturated carbocycles. The highest BCUT2D eigenvalue weighted by molar-refractivity contribution is 6.05. The Bertz CT molecular complexity index is 988. The Morgan fingerprint density at radius 2 is 1.97 bits per heavy atom. The van der Waals surface area contributed by atoms with Crippen LogP contribution in [0.25, 0.3) is 0 Å². The van der Waals surface area contributed by atoms with Crippen LogP contribution in [0.1, 0.15) is 60.4 Å². The number of nitrogens with zero attached hydrogens (tertiary/aromatic N) is 1. The topological polar surface area (TPSA) is 102 Å². The standard InChI is InChI=1S/C24H28N2O6/c1-30-21-12-15(8-9-20(21)32-16-6-4-3-5-7-16)17(13-22(27)31-2)23-24(28)18-14-25-11-10-19(18)26(23)29/h8-12,14,16-17,23,26H,3-7,13H2,1-2H3. The van der Waals surface area contributed by atoms with Gasteiger partial charge in [0, 0.05) is 18.5 Å². The van der Waals surface area contributed by atoms with Crippen LogP contribution in [0.4, 0.5) is 5.69 Å². The van der Waals surface area contributed by atoms with E-state index >= 15 is 0 Å². The summed E-state index contributed by atoms with van der Waals surface area (Å²) in [5, 5.41) is 12.8. The number of fused-ring (bicyclic) bond motifs is 1. The Labute approximate surface area is 187 Å². The minimum atomic E-state index is -1.01. The van der Waals surface area contributed by atoms with Gasteiger partial charge < -0.3 is 24.5 Å². The summed E-state index contributed by atoms with van der Waals surface area (Å²) in [4.78, 5) is 29.3. The van der Waals surface area contributed by atoms with E-state index in [1.165, 1.54) is 25.9 Å². The second-order valence-electron chi connectivity index (χ2n) is 8.30. The maximum absolute atomic E-state index is 13.1. The largest absolute Gasteiger partial charge is 0.628 e. The number of ketones is 1. The predicted octanol–water partition coefficient (Wildman–Crippen LogP) is 2.73. The first-order valence-corrected chi connectivity index (χ1v) is 11.0. The first-order chi connectivity index (χ1) is 15.5. The van der Waals surface area contributed by atoms with E-state index in [1.54, 1.807) is 31.4 Å². The molecule has 1 N–H and O–H groups in total. The molecule has 2 heterocycles. The van der Waals surface area contributed by atoms with Gasteiger partial charge in [0.05, 0.1) is 32.7 Å². The van der Waals surface area contributed by atoms with Crippen LogP contribution in [0.15, 0.2) is 36.7 Å². The summed E-state index contributed by atoms with van der Waals surface area (Å²) in [7, 11) is 2.84. The second kappa shape index (κ2) is 9.67. The molecule has 0 spiro atoms. The van der Waals surface area contributed by atoms with Crippen molar-refractivity contribution >= 4 is 17.4 Å². The lowest BCUT2D eigenvalue weighted by Gasteiger charge is -2.30. The number of ether oxygens (including phenoxy) is 3. The summed E-state index contributed by atoms with van der Waals surface area (Å²) in [6.07, 6.45) is 8.48. The van der Waals surface area contributed by atoms with Crippen LogP contribution in [-0.2, 0) is 9.53 Å². The molecule has 2 aliphatic rings. The SMILES string of the molecule is COC(=O)CC(c1ccc(OC2CCCCC2)c(OC)c1)C1C(=O)c2cnccc2[NH+]1[O-]. The van der Waals surface area contributed by atoms with Gasteiger partial charge in [0.15, 0.2) is 17.5 Å². The lowest BCUT2D eigenvalue weighted by molar-refractivity contribution is -0.792. The number of Topliss-reactive ketones (excluding diaryl/α,β-unsaturated/α-hetero) is 1. The van der Waals surface area contributed by atoms with Crippen molar-refractivity contribution in [3.05, 3.63) is 53.0 Å². The molecule has 1 aliphatic carbocycles. The van der Waals surface area contributed by atoms with Gasteiger partial charge in [-0.3, -0.25) is 14.6 Å². The molecule has 1 aromatic heterocycles. The summed E-state index contributed by atoms with van der Waals surface area (Å²) in [5.74, 6) is -0.372. The van der Waals surface area contributed by atoms with Crippen molar-refractivity contribution in [1.82, 2.24) is 4.98 Å². The zero-order valence-corrected chi connectivity index (χ0v) is 18.3. The molecule has 2 aromatic rings. The number of nitrogens with one attached hydrogen (secondary N) is 1. The van der Waals surface area contributed by atoms with Crippen LogP contribution in [0.3, 0.4) is 0 Å². The molecule has 3 atom stereocenters. The summed E-state index contributed by atoms with van der Waals surface area (Å²) < 4.78 is 16.6. The van der Waals surface area contributed by atoms with Crippen molar-refractivity contribution in [2.24, 2.45) is 0 Å². The van der Waals surface area contributed by atoms with Crippen LogP contribution < -0.4 is 14.5 Å². The van der Waals surface area contributed by atoms with E-state index in [9.17, 15) is 14.8 Å². The van der Waals surface area contributed by atoms with E-state index in [0.717, 1.165) is 25.7 Å². The van der Waals surface area contributed by atoms with Crippen LogP contribution in [0, 0.1) is 5.21 Å². The molecule has 1 aliphatic heterocycles. The maximum Gasteiger partial charge on any atom is 0.306 e. The van der Waals surface area contributed by atoms with Gasteiger partial charge >= 0.3 is 5.97 Å². The van der Waals surface area contributed by atoms with Gasteiger partial charge in [0.25, 0.3) is 0 Å². The Balaban J connectivity index is 1.66. The van der Waals surface area contributed by atoms with E-state index < -0.39 is 17.9 Å². The molecule has 0 radical (unpaired) electrons. The number of hydrogen-bond donors (Lipinski definition) is 1. The van der Waals surface area contributed by atoms with Crippen LogP contribution in [0.2, 0.25) is 0 Å². The van der Waals surface area contributed by atoms with Crippen LogP contribution in [0.5, 0.6) is 11.5 Å². The number of methoxy groups -OCH3 is 2. The number of pyridine rings is 1. The number of carbonyl (C=O) groups excluding carboxylic acids is 2. The third-order valence-corrected chi connectivity index (χ3v) is 6.40. The molecular formula is C24H28N2O6. The number of quaternary nitrogens is 1. The van der Waals surface area contributed by atoms with E-state index in [0.29, 0.717) is 28.3 Å². The zero-order chi connectivity index (χ0) is 22.7. The lowest BCUT2D eigenvalue weighted by Crippen LogP contribution is -3.06. The van der Waals surface area contributed by atoms with Crippen molar-refractivity contribution in [1.29, 1.82) is 0 Å². The smallest absolute Gasteiger partial charge is 0.306 e.